The van der Waals surface area contributed by atoms with E-state index in [4.69, 9.17) is 9.47 Å². The highest BCUT2D eigenvalue weighted by atomic mass is 19.4. The van der Waals surface area contributed by atoms with Gasteiger partial charge in [-0.2, -0.15) is 26.3 Å². The third kappa shape index (κ3) is 8.11. The highest BCUT2D eigenvalue weighted by molar-refractivity contribution is 6.05. The van der Waals surface area contributed by atoms with Crippen LogP contribution in [-0.4, -0.2) is 54.2 Å². The maximum atomic E-state index is 13.3. The van der Waals surface area contributed by atoms with E-state index >= 15 is 0 Å². The van der Waals surface area contributed by atoms with Crippen molar-refractivity contribution in [3.8, 4) is 0 Å². The Morgan fingerprint density at radius 3 is 1.61 bits per heavy atom. The molecule has 0 fully saturated rings. The summed E-state index contributed by atoms with van der Waals surface area (Å²) < 4.78 is 93.2. The monoisotopic (exact) mass is 627 g/mol. The number of methoxy groups -OCH3 is 1. The molecule has 0 radical (unpaired) electrons. The lowest BCUT2D eigenvalue weighted by Gasteiger charge is -2.24. The van der Waals surface area contributed by atoms with Gasteiger partial charge in [0.1, 0.15) is 0 Å². The summed E-state index contributed by atoms with van der Waals surface area (Å²) in [6.07, 6.45) is -15.2. The molecule has 0 aliphatic carbocycles. The van der Waals surface area contributed by atoms with Crippen LogP contribution >= 0.6 is 0 Å². The number of rotatable bonds is 9. The van der Waals surface area contributed by atoms with Gasteiger partial charge in [0.15, 0.2) is 0 Å². The van der Waals surface area contributed by atoms with Crippen LogP contribution in [0.15, 0.2) is 72.8 Å². The Morgan fingerprint density at radius 2 is 1.16 bits per heavy atom. The van der Waals surface area contributed by atoms with Crippen LogP contribution in [-0.2, 0) is 36.2 Å². The van der Waals surface area contributed by atoms with Crippen molar-refractivity contribution >= 4 is 35.5 Å². The number of benzene rings is 3. The maximum Gasteiger partial charge on any atom is 0.416 e. The van der Waals surface area contributed by atoms with Gasteiger partial charge >= 0.3 is 36.2 Å². The molecule has 0 aliphatic rings. The van der Waals surface area contributed by atoms with Crippen molar-refractivity contribution in [1.82, 2.24) is 0 Å². The highest BCUT2D eigenvalue weighted by Gasteiger charge is 2.42. The maximum absolute atomic E-state index is 13.3. The molecule has 0 aromatic heterocycles. The summed E-state index contributed by atoms with van der Waals surface area (Å²) in [5, 5.41) is 11.9. The van der Waals surface area contributed by atoms with E-state index in [1.54, 1.807) is 0 Å². The number of ether oxygens (including phenoxy) is 3. The van der Waals surface area contributed by atoms with Gasteiger partial charge in [-0.25, -0.2) is 19.2 Å². The van der Waals surface area contributed by atoms with E-state index in [1.807, 2.05) is 0 Å². The second kappa shape index (κ2) is 13.3. The Labute approximate surface area is 243 Å². The summed E-state index contributed by atoms with van der Waals surface area (Å²) in [7, 11) is 1.01. The summed E-state index contributed by atoms with van der Waals surface area (Å²) in [6, 6.07) is 10.3. The molecule has 10 nitrogen and oxygen atoms in total. The molecule has 16 heteroatoms. The second-order valence-corrected chi connectivity index (χ2v) is 8.67. The first kappa shape index (κ1) is 33.1. The fourth-order valence-corrected chi connectivity index (χ4v) is 3.59. The number of para-hydroxylation sites is 1. The first-order valence-electron chi connectivity index (χ1n) is 12.0. The molecule has 0 bridgehead atoms. The van der Waals surface area contributed by atoms with Crippen molar-refractivity contribution in [3.63, 3.8) is 0 Å². The Bertz CT molecular complexity index is 1590. The largest absolute Gasteiger partial charge is 0.478 e. The van der Waals surface area contributed by atoms with Gasteiger partial charge < -0.3 is 24.6 Å². The zero-order valence-electron chi connectivity index (χ0n) is 22.1. The Morgan fingerprint density at radius 1 is 0.682 bits per heavy atom. The molecule has 1 amide bonds. The van der Waals surface area contributed by atoms with Crippen LogP contribution in [0, 0.1) is 0 Å². The number of carbonyl (C=O) groups excluding carboxylic acids is 4. The summed E-state index contributed by atoms with van der Waals surface area (Å²) in [5.41, 5.74) is -4.77. The number of hydrogen-bond acceptors (Lipinski definition) is 8. The third-order valence-electron chi connectivity index (χ3n) is 5.69. The van der Waals surface area contributed by atoms with Crippen LogP contribution in [0.5, 0.6) is 0 Å². The SMILES string of the molecule is COC(=O)c1ccccc1NC(=O)[C@@H](OC(=O)c1cccc(C(F)(F)F)c1)[C@@H](OC(=O)c1cccc(C(F)(F)F)c1)C(=O)O. The molecular formula is C28H19F6NO9. The average Bonchev–Trinajstić information content (AvgIpc) is 2.97. The highest BCUT2D eigenvalue weighted by Crippen LogP contribution is 2.31. The molecule has 0 saturated carbocycles. The quantitative estimate of drug-likeness (QED) is 0.191. The molecule has 3 rings (SSSR count). The molecule has 2 N–H and O–H groups in total. The third-order valence-corrected chi connectivity index (χ3v) is 5.69. The fourth-order valence-electron chi connectivity index (χ4n) is 3.59. The van der Waals surface area contributed by atoms with Gasteiger partial charge in [0.25, 0.3) is 5.91 Å². The lowest BCUT2D eigenvalue weighted by atomic mass is 10.1. The number of amides is 1. The van der Waals surface area contributed by atoms with E-state index in [0.29, 0.717) is 24.3 Å². The zero-order chi connectivity index (χ0) is 32.8. The number of nitrogens with one attached hydrogen (secondary N) is 1. The number of carboxylic acids is 1. The predicted molar refractivity (Wildman–Crippen MR) is 135 cm³/mol. The normalized spacial score (nSPS) is 12.8. The van der Waals surface area contributed by atoms with Crippen molar-refractivity contribution in [3.05, 3.63) is 101 Å². The molecule has 0 heterocycles. The number of esters is 3. The summed E-state index contributed by atoms with van der Waals surface area (Å²) >= 11 is 0. The van der Waals surface area contributed by atoms with E-state index in [-0.39, 0.29) is 11.3 Å². The fraction of sp³-hybridized carbons (Fsp3) is 0.179. The standard InChI is InChI=1S/C28H19F6NO9/c1-42-26(41)18-10-2-3-11-19(18)35-22(36)20(43-24(39)14-6-4-8-16(12-14)27(29,30)31)21(23(37)38)44-25(40)15-7-5-9-17(13-15)28(32,33)34/h2-13,20-21H,1H3,(H,35,36)(H,37,38)/t20-,21+/m0/s1. The summed E-state index contributed by atoms with van der Waals surface area (Å²) in [5.74, 6) is -8.01. The van der Waals surface area contributed by atoms with Crippen LogP contribution < -0.4 is 5.32 Å². The number of anilines is 1. The molecular weight excluding hydrogens is 608 g/mol. The average molecular weight is 627 g/mol. The van der Waals surface area contributed by atoms with E-state index in [0.717, 1.165) is 37.4 Å². The predicted octanol–water partition coefficient (Wildman–Crippen LogP) is 4.99. The van der Waals surface area contributed by atoms with Gasteiger partial charge in [0.2, 0.25) is 12.2 Å². The number of hydrogen-bond donors (Lipinski definition) is 2. The van der Waals surface area contributed by atoms with Gasteiger partial charge in [-0.15, -0.1) is 0 Å². The Balaban J connectivity index is 2.02. The van der Waals surface area contributed by atoms with Gasteiger partial charge in [-0.3, -0.25) is 4.79 Å². The van der Waals surface area contributed by atoms with Crippen molar-refractivity contribution in [2.24, 2.45) is 0 Å². The minimum atomic E-state index is -4.91. The molecule has 3 aromatic rings. The zero-order valence-corrected chi connectivity index (χ0v) is 22.1. The van der Waals surface area contributed by atoms with Crippen molar-refractivity contribution in [1.29, 1.82) is 0 Å². The van der Waals surface area contributed by atoms with E-state index < -0.39 is 76.6 Å². The van der Waals surface area contributed by atoms with E-state index in [2.05, 4.69) is 10.1 Å². The molecule has 44 heavy (non-hydrogen) atoms. The number of carboxylic acid groups (broad SMARTS) is 1. The molecule has 0 unspecified atom stereocenters. The topological polar surface area (TPSA) is 145 Å². The first-order valence-corrected chi connectivity index (χ1v) is 12.0. The number of aliphatic carboxylic acids is 1. The van der Waals surface area contributed by atoms with Crippen LogP contribution in [0.3, 0.4) is 0 Å². The summed E-state index contributed by atoms with van der Waals surface area (Å²) in [4.78, 5) is 63.1. The van der Waals surface area contributed by atoms with Crippen LogP contribution in [0.25, 0.3) is 0 Å². The van der Waals surface area contributed by atoms with Gasteiger partial charge in [-0.1, -0.05) is 24.3 Å². The minimum absolute atomic E-state index is 0.265. The van der Waals surface area contributed by atoms with Crippen molar-refractivity contribution in [2.45, 2.75) is 24.6 Å². The lowest BCUT2D eigenvalue weighted by molar-refractivity contribution is -0.157. The van der Waals surface area contributed by atoms with E-state index in [1.165, 1.54) is 18.2 Å². The summed E-state index contributed by atoms with van der Waals surface area (Å²) in [6.45, 7) is 0. The van der Waals surface area contributed by atoms with Gasteiger partial charge in [-0.05, 0) is 48.5 Å². The molecule has 0 spiro atoms. The number of alkyl halides is 6. The smallest absolute Gasteiger partial charge is 0.416 e. The molecule has 2 atom stereocenters. The van der Waals surface area contributed by atoms with Crippen molar-refractivity contribution < 1.29 is 69.6 Å². The van der Waals surface area contributed by atoms with Crippen molar-refractivity contribution in [2.75, 3.05) is 12.4 Å². The second-order valence-electron chi connectivity index (χ2n) is 8.67. The number of halogens is 6. The van der Waals surface area contributed by atoms with Crippen LogP contribution in [0.1, 0.15) is 42.2 Å². The first-order chi connectivity index (χ1) is 20.5. The molecule has 3 aromatic carbocycles. The minimum Gasteiger partial charge on any atom is -0.478 e. The Hall–Kier alpha value is -5.41. The molecule has 0 aliphatic heterocycles. The van der Waals surface area contributed by atoms with Crippen LogP contribution in [0.2, 0.25) is 0 Å². The van der Waals surface area contributed by atoms with Gasteiger partial charge in [0.05, 0.1) is 40.6 Å². The van der Waals surface area contributed by atoms with Gasteiger partial charge in [0, 0.05) is 0 Å². The Kier molecular flexibility index (Phi) is 9.98. The molecule has 232 valence electrons. The number of carbonyl (C=O) groups is 5. The van der Waals surface area contributed by atoms with E-state index in [9.17, 15) is 55.4 Å². The molecule has 0 saturated heterocycles. The lowest BCUT2D eigenvalue weighted by Crippen LogP contribution is -2.48. The van der Waals surface area contributed by atoms with Crippen LogP contribution in [0.4, 0.5) is 32.0 Å².